The molecule has 0 aliphatic heterocycles. The number of halogens is 2. The van der Waals surface area contributed by atoms with E-state index in [4.69, 9.17) is 23.2 Å². The van der Waals surface area contributed by atoms with Gasteiger partial charge >= 0.3 is 0 Å². The largest absolute Gasteiger partial charge is 0.318 e. The molecule has 0 aliphatic carbocycles. The second-order valence-electron chi connectivity index (χ2n) is 7.84. The standard InChI is InChI=1S/C26H20Cl2N4O3/c1-16-13-20(15-29-30-26(33)24-12-7-21(27)14-25(24)28)17(2)31(16)22-8-3-18(4-9-22)19-5-10-23(11-6-19)32(34)35/h3-15H,1-2H3,(H,30,33)/b29-15-. The van der Waals surface area contributed by atoms with Crippen molar-refractivity contribution in [3.8, 4) is 16.8 Å². The first-order valence-corrected chi connectivity index (χ1v) is 11.3. The van der Waals surface area contributed by atoms with Gasteiger partial charge in [0.2, 0.25) is 0 Å². The number of hydrogen-bond acceptors (Lipinski definition) is 4. The molecule has 1 aromatic heterocycles. The zero-order chi connectivity index (χ0) is 25.1. The summed E-state index contributed by atoms with van der Waals surface area (Å²) in [6.45, 7) is 3.96. The Balaban J connectivity index is 1.51. The van der Waals surface area contributed by atoms with Gasteiger partial charge in [0, 0.05) is 39.8 Å². The molecule has 1 N–H and O–H groups in total. The maximum absolute atomic E-state index is 12.4. The van der Waals surface area contributed by atoms with E-state index in [9.17, 15) is 14.9 Å². The molecule has 0 bridgehead atoms. The lowest BCUT2D eigenvalue weighted by Crippen LogP contribution is -2.18. The molecule has 4 rings (SSSR count). The van der Waals surface area contributed by atoms with Gasteiger partial charge in [-0.3, -0.25) is 14.9 Å². The summed E-state index contributed by atoms with van der Waals surface area (Å²) >= 11 is 12.0. The second kappa shape index (κ2) is 10.1. The first-order valence-electron chi connectivity index (χ1n) is 10.6. The molecule has 1 amide bonds. The van der Waals surface area contributed by atoms with Crippen molar-refractivity contribution in [2.75, 3.05) is 0 Å². The highest BCUT2D eigenvalue weighted by molar-refractivity contribution is 6.36. The van der Waals surface area contributed by atoms with Crippen LogP contribution >= 0.6 is 23.2 Å². The lowest BCUT2D eigenvalue weighted by atomic mass is 10.0. The van der Waals surface area contributed by atoms with E-state index in [-0.39, 0.29) is 16.3 Å². The van der Waals surface area contributed by atoms with Crippen molar-refractivity contribution in [3.63, 3.8) is 0 Å². The second-order valence-corrected chi connectivity index (χ2v) is 8.68. The number of nitro groups is 1. The van der Waals surface area contributed by atoms with Crippen LogP contribution in [-0.4, -0.2) is 21.6 Å². The number of aryl methyl sites for hydroxylation is 1. The molecule has 7 nitrogen and oxygen atoms in total. The third-order valence-electron chi connectivity index (χ3n) is 5.55. The van der Waals surface area contributed by atoms with Crippen molar-refractivity contribution >= 4 is 41.0 Å². The molecule has 0 aliphatic rings. The molecule has 0 saturated carbocycles. The van der Waals surface area contributed by atoms with Crippen LogP contribution in [0.1, 0.15) is 27.3 Å². The van der Waals surface area contributed by atoms with Gasteiger partial charge in [-0.25, -0.2) is 5.43 Å². The Morgan fingerprint density at radius 1 is 0.971 bits per heavy atom. The molecule has 4 aromatic rings. The summed E-state index contributed by atoms with van der Waals surface area (Å²) in [5.41, 5.74) is 8.45. The van der Waals surface area contributed by atoms with E-state index < -0.39 is 10.8 Å². The lowest BCUT2D eigenvalue weighted by Gasteiger charge is -2.11. The predicted molar refractivity (Wildman–Crippen MR) is 139 cm³/mol. The van der Waals surface area contributed by atoms with Crippen LogP contribution in [0.5, 0.6) is 0 Å². The Hall–Kier alpha value is -3.94. The molecular formula is C26H20Cl2N4O3. The van der Waals surface area contributed by atoms with Crippen molar-refractivity contribution in [3.05, 3.63) is 115 Å². The molecule has 1 heterocycles. The minimum atomic E-state index is -0.432. The van der Waals surface area contributed by atoms with Crippen LogP contribution in [-0.2, 0) is 0 Å². The summed E-state index contributed by atoms with van der Waals surface area (Å²) in [6.07, 6.45) is 1.59. The van der Waals surface area contributed by atoms with Crippen molar-refractivity contribution in [2.24, 2.45) is 5.10 Å². The molecule has 9 heteroatoms. The van der Waals surface area contributed by atoms with Crippen molar-refractivity contribution < 1.29 is 9.72 Å². The average Bonchev–Trinajstić information content (AvgIpc) is 3.12. The number of nitrogens with one attached hydrogen (secondary N) is 1. The number of carbonyl (C=O) groups excluding carboxylic acids is 1. The van der Waals surface area contributed by atoms with E-state index in [1.54, 1.807) is 30.5 Å². The van der Waals surface area contributed by atoms with Gasteiger partial charge in [-0.2, -0.15) is 5.10 Å². The highest BCUT2D eigenvalue weighted by Gasteiger charge is 2.12. The van der Waals surface area contributed by atoms with E-state index in [0.717, 1.165) is 33.8 Å². The number of amides is 1. The van der Waals surface area contributed by atoms with Gasteiger partial charge in [0.05, 0.1) is 21.7 Å². The summed E-state index contributed by atoms with van der Waals surface area (Å²) in [5.74, 6) is -0.432. The number of benzene rings is 3. The maximum Gasteiger partial charge on any atom is 0.272 e. The Morgan fingerprint density at radius 2 is 1.60 bits per heavy atom. The fraction of sp³-hybridized carbons (Fsp3) is 0.0769. The fourth-order valence-electron chi connectivity index (χ4n) is 3.79. The van der Waals surface area contributed by atoms with Gasteiger partial charge in [0.15, 0.2) is 0 Å². The molecule has 3 aromatic carbocycles. The molecule has 176 valence electrons. The number of non-ortho nitro benzene ring substituents is 1. The van der Waals surface area contributed by atoms with Gasteiger partial charge in [-0.1, -0.05) is 35.3 Å². The van der Waals surface area contributed by atoms with Gasteiger partial charge in [0.25, 0.3) is 11.6 Å². The smallest absolute Gasteiger partial charge is 0.272 e. The van der Waals surface area contributed by atoms with Gasteiger partial charge in [-0.05, 0) is 73.5 Å². The average molecular weight is 507 g/mol. The van der Waals surface area contributed by atoms with Crippen molar-refractivity contribution in [1.29, 1.82) is 0 Å². The van der Waals surface area contributed by atoms with E-state index in [1.807, 2.05) is 44.2 Å². The number of rotatable bonds is 6. The number of carbonyl (C=O) groups is 1. The SMILES string of the molecule is Cc1cc(/C=N\NC(=O)c2ccc(Cl)cc2Cl)c(C)n1-c1ccc(-c2ccc([N+](=O)[O-])cc2)cc1. The van der Waals surface area contributed by atoms with Crippen LogP contribution in [0.15, 0.2) is 77.9 Å². The first-order chi connectivity index (χ1) is 16.7. The van der Waals surface area contributed by atoms with Gasteiger partial charge in [-0.15, -0.1) is 0 Å². The lowest BCUT2D eigenvalue weighted by molar-refractivity contribution is -0.384. The summed E-state index contributed by atoms with van der Waals surface area (Å²) in [7, 11) is 0. The van der Waals surface area contributed by atoms with Gasteiger partial charge < -0.3 is 4.57 Å². The van der Waals surface area contributed by atoms with Gasteiger partial charge in [0.1, 0.15) is 0 Å². The van der Waals surface area contributed by atoms with Crippen LogP contribution in [0.2, 0.25) is 10.0 Å². The monoisotopic (exact) mass is 506 g/mol. The summed E-state index contributed by atoms with van der Waals surface area (Å²) in [4.78, 5) is 22.8. The van der Waals surface area contributed by atoms with Crippen molar-refractivity contribution in [1.82, 2.24) is 9.99 Å². The van der Waals surface area contributed by atoms with Crippen LogP contribution in [0.4, 0.5) is 5.69 Å². The third-order valence-corrected chi connectivity index (χ3v) is 6.10. The minimum absolute atomic E-state index is 0.0607. The summed E-state index contributed by atoms with van der Waals surface area (Å²) < 4.78 is 2.08. The van der Waals surface area contributed by atoms with Crippen LogP contribution < -0.4 is 5.43 Å². The molecule has 0 atom stereocenters. The van der Waals surface area contributed by atoms with E-state index in [0.29, 0.717) is 5.02 Å². The molecule has 35 heavy (non-hydrogen) atoms. The fourth-order valence-corrected chi connectivity index (χ4v) is 4.28. The summed E-state index contributed by atoms with van der Waals surface area (Å²) in [6, 6.07) is 21.0. The zero-order valence-electron chi connectivity index (χ0n) is 18.8. The molecule has 0 unspecified atom stereocenters. The zero-order valence-corrected chi connectivity index (χ0v) is 20.3. The number of nitrogens with zero attached hydrogens (tertiary/aromatic N) is 3. The Bertz CT molecular complexity index is 1440. The minimum Gasteiger partial charge on any atom is -0.318 e. The molecule has 0 spiro atoms. The van der Waals surface area contributed by atoms with E-state index in [1.165, 1.54) is 18.2 Å². The number of nitro benzene ring substituents is 1. The first kappa shape index (κ1) is 24.2. The Morgan fingerprint density at radius 3 is 2.20 bits per heavy atom. The van der Waals surface area contributed by atoms with E-state index >= 15 is 0 Å². The Kier molecular flexibility index (Phi) is 7.00. The maximum atomic E-state index is 12.4. The van der Waals surface area contributed by atoms with Crippen LogP contribution in [0.25, 0.3) is 16.8 Å². The molecule has 0 saturated heterocycles. The summed E-state index contributed by atoms with van der Waals surface area (Å²) in [5, 5.41) is 15.7. The third kappa shape index (κ3) is 5.26. The number of aromatic nitrogens is 1. The molecule has 0 radical (unpaired) electrons. The Labute approximate surface area is 211 Å². The topological polar surface area (TPSA) is 89.5 Å². The normalized spacial score (nSPS) is 11.1. The van der Waals surface area contributed by atoms with Crippen LogP contribution in [0, 0.1) is 24.0 Å². The quantitative estimate of drug-likeness (QED) is 0.178. The highest BCUT2D eigenvalue weighted by atomic mass is 35.5. The highest BCUT2D eigenvalue weighted by Crippen LogP contribution is 2.26. The molecule has 0 fully saturated rings. The molecular weight excluding hydrogens is 487 g/mol. The van der Waals surface area contributed by atoms with Crippen LogP contribution in [0.3, 0.4) is 0 Å². The van der Waals surface area contributed by atoms with E-state index in [2.05, 4.69) is 15.1 Å². The number of hydrogen-bond donors (Lipinski definition) is 1. The van der Waals surface area contributed by atoms with Crippen molar-refractivity contribution in [2.45, 2.75) is 13.8 Å². The number of hydrazone groups is 1. The predicted octanol–water partition coefficient (Wildman–Crippen LogP) is 6.74.